The van der Waals surface area contributed by atoms with Crippen molar-refractivity contribution in [3.8, 4) is 0 Å². The lowest BCUT2D eigenvalue weighted by molar-refractivity contribution is 0.304. The number of hydrogen-bond donors (Lipinski definition) is 2. The molecule has 0 amide bonds. The van der Waals surface area contributed by atoms with Crippen LogP contribution in [0, 0.1) is 5.82 Å². The van der Waals surface area contributed by atoms with Crippen LogP contribution in [0.5, 0.6) is 0 Å². The first-order valence-corrected chi connectivity index (χ1v) is 6.26. The van der Waals surface area contributed by atoms with E-state index in [2.05, 4.69) is 4.98 Å². The van der Waals surface area contributed by atoms with Gasteiger partial charge in [0.1, 0.15) is 5.82 Å². The quantitative estimate of drug-likeness (QED) is 0.777. The maximum atomic E-state index is 13.9. The number of benzene rings is 1. The van der Waals surface area contributed by atoms with Crippen LogP contribution in [-0.2, 0) is 5.54 Å². The lowest BCUT2D eigenvalue weighted by atomic mass is 9.77. The second kappa shape index (κ2) is 3.84. The Hall–Kier alpha value is -1.35. The van der Waals surface area contributed by atoms with Gasteiger partial charge in [0.25, 0.3) is 0 Å². The van der Waals surface area contributed by atoms with E-state index in [1.165, 1.54) is 12.5 Å². The Balaban J connectivity index is 2.17. The second-order valence-electron chi connectivity index (χ2n) is 5.08. The third-order valence-electron chi connectivity index (χ3n) is 3.94. The lowest BCUT2D eigenvalue weighted by Crippen LogP contribution is -2.38. The fourth-order valence-electron chi connectivity index (χ4n) is 2.98. The molecule has 0 saturated heterocycles. The maximum absolute atomic E-state index is 13.9. The summed E-state index contributed by atoms with van der Waals surface area (Å²) in [6.07, 6.45) is 7.31. The average Bonchev–Trinajstić information content (AvgIpc) is 2.76. The van der Waals surface area contributed by atoms with E-state index < -0.39 is 0 Å². The Bertz CT molecular complexity index is 538. The highest BCUT2D eigenvalue weighted by Crippen LogP contribution is 2.38. The number of nitrogens with one attached hydrogen (secondary N) is 1. The summed E-state index contributed by atoms with van der Waals surface area (Å²) in [5.74, 6) is -0.172. The minimum absolute atomic E-state index is 0.172. The van der Waals surface area contributed by atoms with Gasteiger partial charge < -0.3 is 10.7 Å². The number of halogens is 1. The number of aromatic nitrogens is 1. The Labute approximate surface area is 100 Å². The molecule has 1 aromatic carbocycles. The van der Waals surface area contributed by atoms with Gasteiger partial charge in [-0.3, -0.25) is 0 Å². The fraction of sp³-hybridized carbons (Fsp3) is 0.429. The van der Waals surface area contributed by atoms with Gasteiger partial charge in [0.2, 0.25) is 0 Å². The zero-order valence-electron chi connectivity index (χ0n) is 9.80. The van der Waals surface area contributed by atoms with Crippen LogP contribution >= 0.6 is 0 Å². The smallest absolute Gasteiger partial charge is 0.132 e. The number of nitrogens with two attached hydrogens (primary N) is 1. The summed E-state index contributed by atoms with van der Waals surface area (Å²) in [6, 6.07) is 5.13. The molecule has 0 unspecified atom stereocenters. The van der Waals surface area contributed by atoms with E-state index in [1.54, 1.807) is 6.07 Å². The van der Waals surface area contributed by atoms with Crippen molar-refractivity contribution < 1.29 is 4.39 Å². The van der Waals surface area contributed by atoms with E-state index in [4.69, 9.17) is 5.73 Å². The molecular weight excluding hydrogens is 215 g/mol. The van der Waals surface area contributed by atoms with Crippen molar-refractivity contribution in [2.24, 2.45) is 5.73 Å². The Morgan fingerprint density at radius 1 is 1.18 bits per heavy atom. The van der Waals surface area contributed by atoms with Crippen LogP contribution in [-0.4, -0.2) is 4.98 Å². The zero-order valence-corrected chi connectivity index (χ0v) is 9.80. The number of H-pyrrole nitrogens is 1. The highest BCUT2D eigenvalue weighted by atomic mass is 19.1. The SMILES string of the molecule is NC1(c2c[nH]c3cccc(F)c23)CCCCC1. The number of fused-ring (bicyclic) bond motifs is 1. The van der Waals surface area contributed by atoms with Crippen molar-refractivity contribution >= 4 is 10.9 Å². The average molecular weight is 232 g/mol. The standard InChI is InChI=1S/C14H17FN2/c15-11-5-4-6-12-13(11)10(9-17-12)14(16)7-2-1-3-8-14/h4-6,9,17H,1-3,7-8,16H2. The van der Waals surface area contributed by atoms with E-state index in [-0.39, 0.29) is 11.4 Å². The van der Waals surface area contributed by atoms with Gasteiger partial charge in [0.05, 0.1) is 0 Å². The van der Waals surface area contributed by atoms with Crippen LogP contribution < -0.4 is 5.73 Å². The van der Waals surface area contributed by atoms with E-state index in [1.807, 2.05) is 12.3 Å². The number of rotatable bonds is 1. The van der Waals surface area contributed by atoms with Gasteiger partial charge in [-0.2, -0.15) is 0 Å². The maximum Gasteiger partial charge on any atom is 0.132 e. The Kier molecular flexibility index (Phi) is 2.44. The normalized spacial score (nSPS) is 19.6. The summed E-state index contributed by atoms with van der Waals surface area (Å²) in [7, 11) is 0. The molecule has 1 aliphatic rings. The molecule has 0 atom stereocenters. The molecule has 0 bridgehead atoms. The molecule has 1 aromatic heterocycles. The third kappa shape index (κ3) is 1.65. The molecular formula is C14H17FN2. The van der Waals surface area contributed by atoms with Gasteiger partial charge >= 0.3 is 0 Å². The van der Waals surface area contributed by atoms with Crippen LogP contribution in [0.3, 0.4) is 0 Å². The highest BCUT2D eigenvalue weighted by molar-refractivity contribution is 5.84. The zero-order chi connectivity index (χ0) is 11.9. The van der Waals surface area contributed by atoms with Crippen LogP contribution in [0.2, 0.25) is 0 Å². The summed E-state index contributed by atoms with van der Waals surface area (Å²) in [5.41, 5.74) is 7.92. The molecule has 1 aliphatic carbocycles. The van der Waals surface area contributed by atoms with Crippen molar-refractivity contribution in [1.29, 1.82) is 0 Å². The molecule has 90 valence electrons. The Morgan fingerprint density at radius 3 is 2.71 bits per heavy atom. The topological polar surface area (TPSA) is 41.8 Å². The van der Waals surface area contributed by atoms with E-state index >= 15 is 0 Å². The van der Waals surface area contributed by atoms with Crippen LogP contribution in [0.1, 0.15) is 37.7 Å². The van der Waals surface area contributed by atoms with Gasteiger partial charge in [-0.05, 0) is 25.0 Å². The molecule has 2 nitrogen and oxygen atoms in total. The molecule has 17 heavy (non-hydrogen) atoms. The van der Waals surface area contributed by atoms with E-state index in [9.17, 15) is 4.39 Å². The predicted octanol–water partition coefficient (Wildman–Crippen LogP) is 3.43. The first-order chi connectivity index (χ1) is 8.21. The molecule has 2 aromatic rings. The summed E-state index contributed by atoms with van der Waals surface area (Å²) in [6.45, 7) is 0. The Morgan fingerprint density at radius 2 is 1.94 bits per heavy atom. The van der Waals surface area contributed by atoms with Crippen molar-refractivity contribution in [3.05, 3.63) is 35.8 Å². The lowest BCUT2D eigenvalue weighted by Gasteiger charge is -2.33. The van der Waals surface area contributed by atoms with Crippen molar-refractivity contribution in [2.75, 3.05) is 0 Å². The van der Waals surface area contributed by atoms with Gasteiger partial charge in [-0.25, -0.2) is 4.39 Å². The molecule has 3 rings (SSSR count). The minimum atomic E-state index is -0.349. The predicted molar refractivity (Wildman–Crippen MR) is 67.2 cm³/mol. The summed E-state index contributed by atoms with van der Waals surface area (Å²) >= 11 is 0. The van der Waals surface area contributed by atoms with Crippen molar-refractivity contribution in [2.45, 2.75) is 37.6 Å². The monoisotopic (exact) mass is 232 g/mol. The molecule has 0 spiro atoms. The fourth-order valence-corrected chi connectivity index (χ4v) is 2.98. The highest BCUT2D eigenvalue weighted by Gasteiger charge is 2.32. The number of aromatic amines is 1. The molecule has 0 aliphatic heterocycles. The van der Waals surface area contributed by atoms with Crippen molar-refractivity contribution in [3.63, 3.8) is 0 Å². The summed E-state index contributed by atoms with van der Waals surface area (Å²) < 4.78 is 13.9. The van der Waals surface area contributed by atoms with Crippen LogP contribution in [0.4, 0.5) is 4.39 Å². The van der Waals surface area contributed by atoms with Crippen molar-refractivity contribution in [1.82, 2.24) is 4.98 Å². The van der Waals surface area contributed by atoms with Gasteiger partial charge in [-0.1, -0.05) is 25.3 Å². The largest absolute Gasteiger partial charge is 0.361 e. The first kappa shape index (κ1) is 10.8. The van der Waals surface area contributed by atoms with E-state index in [0.717, 1.165) is 36.8 Å². The summed E-state index contributed by atoms with van der Waals surface area (Å²) in [4.78, 5) is 3.13. The molecule has 0 radical (unpaired) electrons. The minimum Gasteiger partial charge on any atom is -0.361 e. The number of hydrogen-bond acceptors (Lipinski definition) is 1. The molecule has 1 heterocycles. The van der Waals surface area contributed by atoms with Gasteiger partial charge in [0, 0.05) is 28.2 Å². The molecule has 3 heteroatoms. The van der Waals surface area contributed by atoms with Gasteiger partial charge in [-0.15, -0.1) is 0 Å². The van der Waals surface area contributed by atoms with Crippen LogP contribution in [0.15, 0.2) is 24.4 Å². The van der Waals surface area contributed by atoms with Crippen LogP contribution in [0.25, 0.3) is 10.9 Å². The molecule has 1 fully saturated rings. The second-order valence-corrected chi connectivity index (χ2v) is 5.08. The third-order valence-corrected chi connectivity index (χ3v) is 3.94. The van der Waals surface area contributed by atoms with Gasteiger partial charge in [0.15, 0.2) is 0 Å². The first-order valence-electron chi connectivity index (χ1n) is 6.26. The summed E-state index contributed by atoms with van der Waals surface area (Å²) in [5, 5.41) is 0.678. The van der Waals surface area contributed by atoms with E-state index in [0.29, 0.717) is 5.39 Å². The molecule has 3 N–H and O–H groups in total. The molecule has 1 saturated carbocycles.